The lowest BCUT2D eigenvalue weighted by Crippen LogP contribution is -2.21. The maximum atomic E-state index is 5.93. The SMILES string of the molecule is COc1ccc(N2C=Cc3nc(N)cc(OC(C)C)c3C2)cc1OC. The van der Waals surface area contributed by atoms with Crippen LogP contribution in [0, 0.1) is 0 Å². The average molecular weight is 341 g/mol. The molecule has 6 nitrogen and oxygen atoms in total. The van der Waals surface area contributed by atoms with Gasteiger partial charge in [0.05, 0.1) is 32.6 Å². The van der Waals surface area contributed by atoms with Crippen LogP contribution in [0.1, 0.15) is 25.1 Å². The molecular formula is C19H23N3O3. The first kappa shape index (κ1) is 17.0. The van der Waals surface area contributed by atoms with Gasteiger partial charge in [0.15, 0.2) is 11.5 Å². The third-order valence-electron chi connectivity index (χ3n) is 3.94. The molecule has 0 aliphatic carbocycles. The van der Waals surface area contributed by atoms with Crippen LogP contribution in [0.25, 0.3) is 6.08 Å². The molecule has 1 aromatic heterocycles. The van der Waals surface area contributed by atoms with E-state index >= 15 is 0 Å². The molecular weight excluding hydrogens is 318 g/mol. The highest BCUT2D eigenvalue weighted by atomic mass is 16.5. The quantitative estimate of drug-likeness (QED) is 0.898. The number of nitrogen functional groups attached to an aromatic ring is 1. The number of rotatable bonds is 5. The van der Waals surface area contributed by atoms with Crippen molar-refractivity contribution in [3.05, 3.63) is 41.7 Å². The fourth-order valence-corrected chi connectivity index (χ4v) is 2.81. The summed E-state index contributed by atoms with van der Waals surface area (Å²) in [4.78, 5) is 6.52. The molecule has 132 valence electrons. The van der Waals surface area contributed by atoms with E-state index in [9.17, 15) is 0 Å². The van der Waals surface area contributed by atoms with Gasteiger partial charge in [0.1, 0.15) is 11.6 Å². The molecule has 1 aliphatic rings. The second-order valence-corrected chi connectivity index (χ2v) is 6.06. The van der Waals surface area contributed by atoms with Crippen molar-refractivity contribution >= 4 is 17.6 Å². The third-order valence-corrected chi connectivity index (χ3v) is 3.94. The van der Waals surface area contributed by atoms with Gasteiger partial charge in [-0.3, -0.25) is 0 Å². The maximum absolute atomic E-state index is 5.93. The molecule has 0 saturated carbocycles. The van der Waals surface area contributed by atoms with Gasteiger partial charge < -0.3 is 24.8 Å². The number of anilines is 2. The van der Waals surface area contributed by atoms with E-state index in [1.165, 1.54) is 0 Å². The highest BCUT2D eigenvalue weighted by Crippen LogP contribution is 2.36. The minimum Gasteiger partial charge on any atom is -0.493 e. The smallest absolute Gasteiger partial charge is 0.162 e. The van der Waals surface area contributed by atoms with Gasteiger partial charge in [-0.1, -0.05) is 0 Å². The van der Waals surface area contributed by atoms with Crippen molar-refractivity contribution in [3.8, 4) is 17.2 Å². The zero-order chi connectivity index (χ0) is 18.0. The summed E-state index contributed by atoms with van der Waals surface area (Å²) in [5, 5.41) is 0. The second-order valence-electron chi connectivity index (χ2n) is 6.06. The van der Waals surface area contributed by atoms with Crippen molar-refractivity contribution in [2.24, 2.45) is 0 Å². The minimum atomic E-state index is 0.0614. The number of nitrogens with zero attached hydrogens (tertiary/aromatic N) is 2. The van der Waals surface area contributed by atoms with Crippen molar-refractivity contribution in [1.82, 2.24) is 4.98 Å². The lowest BCUT2D eigenvalue weighted by atomic mass is 10.1. The van der Waals surface area contributed by atoms with E-state index in [2.05, 4.69) is 9.88 Å². The Bertz CT molecular complexity index is 803. The average Bonchev–Trinajstić information content (AvgIpc) is 2.60. The fourth-order valence-electron chi connectivity index (χ4n) is 2.81. The van der Waals surface area contributed by atoms with Crippen LogP contribution in [0.2, 0.25) is 0 Å². The zero-order valence-electron chi connectivity index (χ0n) is 14.9. The van der Waals surface area contributed by atoms with E-state index in [0.717, 1.165) is 22.7 Å². The van der Waals surface area contributed by atoms with Crippen LogP contribution in [0.15, 0.2) is 30.5 Å². The zero-order valence-corrected chi connectivity index (χ0v) is 14.9. The number of aromatic nitrogens is 1. The van der Waals surface area contributed by atoms with Crippen LogP contribution in [0.5, 0.6) is 17.2 Å². The Morgan fingerprint density at radius 1 is 1.08 bits per heavy atom. The Morgan fingerprint density at radius 3 is 2.52 bits per heavy atom. The summed E-state index contributed by atoms with van der Waals surface area (Å²) >= 11 is 0. The molecule has 25 heavy (non-hydrogen) atoms. The van der Waals surface area contributed by atoms with E-state index < -0.39 is 0 Å². The molecule has 0 saturated heterocycles. The lowest BCUT2D eigenvalue weighted by molar-refractivity contribution is 0.239. The summed E-state index contributed by atoms with van der Waals surface area (Å²) in [6, 6.07) is 7.61. The molecule has 1 aromatic carbocycles. The first-order valence-electron chi connectivity index (χ1n) is 8.14. The van der Waals surface area contributed by atoms with Crippen molar-refractivity contribution in [2.75, 3.05) is 24.9 Å². The van der Waals surface area contributed by atoms with E-state index in [1.54, 1.807) is 20.3 Å². The number of benzene rings is 1. The highest BCUT2D eigenvalue weighted by molar-refractivity contribution is 5.67. The topological polar surface area (TPSA) is 69.8 Å². The van der Waals surface area contributed by atoms with Crippen molar-refractivity contribution in [1.29, 1.82) is 0 Å². The normalized spacial score (nSPS) is 12.9. The van der Waals surface area contributed by atoms with Gasteiger partial charge in [-0.25, -0.2) is 4.98 Å². The van der Waals surface area contributed by atoms with Crippen molar-refractivity contribution < 1.29 is 14.2 Å². The predicted molar refractivity (Wildman–Crippen MR) is 99.2 cm³/mol. The number of hydrogen-bond donors (Lipinski definition) is 1. The molecule has 6 heteroatoms. The molecule has 0 amide bonds. The molecule has 0 bridgehead atoms. The summed E-state index contributed by atoms with van der Waals surface area (Å²) in [6.45, 7) is 4.62. The summed E-state index contributed by atoms with van der Waals surface area (Å²) < 4.78 is 16.6. The highest BCUT2D eigenvalue weighted by Gasteiger charge is 2.20. The predicted octanol–water partition coefficient (Wildman–Crippen LogP) is 3.46. The van der Waals surface area contributed by atoms with Crippen LogP contribution in [-0.4, -0.2) is 25.3 Å². The standard InChI is InChI=1S/C19H23N3O3/c1-12(2)25-17-10-19(20)21-15-7-8-22(11-14(15)17)13-5-6-16(23-3)18(9-13)24-4/h5-10,12H,11H2,1-4H3,(H2,20,21). The molecule has 2 heterocycles. The Labute approximate surface area is 147 Å². The Kier molecular flexibility index (Phi) is 4.70. The van der Waals surface area contributed by atoms with Gasteiger partial charge >= 0.3 is 0 Å². The number of ether oxygens (including phenoxy) is 3. The summed E-state index contributed by atoms with van der Waals surface area (Å²) in [6.07, 6.45) is 3.99. The summed E-state index contributed by atoms with van der Waals surface area (Å²) in [5.41, 5.74) is 8.75. The maximum Gasteiger partial charge on any atom is 0.162 e. The molecule has 2 N–H and O–H groups in total. The van der Waals surface area contributed by atoms with Crippen molar-refractivity contribution in [3.63, 3.8) is 0 Å². The molecule has 0 unspecified atom stereocenters. The number of hydrogen-bond acceptors (Lipinski definition) is 6. The van der Waals surface area contributed by atoms with Gasteiger partial charge in [-0.2, -0.15) is 0 Å². The summed E-state index contributed by atoms with van der Waals surface area (Å²) in [7, 11) is 3.25. The van der Waals surface area contributed by atoms with Crippen LogP contribution in [0.4, 0.5) is 11.5 Å². The minimum absolute atomic E-state index is 0.0614. The van der Waals surface area contributed by atoms with Gasteiger partial charge in [0.2, 0.25) is 0 Å². The molecule has 2 aromatic rings. The second kappa shape index (κ2) is 6.93. The van der Waals surface area contributed by atoms with E-state index in [4.69, 9.17) is 19.9 Å². The largest absolute Gasteiger partial charge is 0.493 e. The first-order valence-corrected chi connectivity index (χ1v) is 8.14. The summed E-state index contributed by atoms with van der Waals surface area (Å²) in [5.74, 6) is 2.62. The van der Waals surface area contributed by atoms with Crippen LogP contribution in [0.3, 0.4) is 0 Å². The molecule has 3 rings (SSSR count). The van der Waals surface area contributed by atoms with Crippen LogP contribution < -0.4 is 24.8 Å². The van der Waals surface area contributed by atoms with Gasteiger partial charge in [-0.05, 0) is 32.1 Å². The van der Waals surface area contributed by atoms with E-state index in [-0.39, 0.29) is 6.10 Å². The Hall–Kier alpha value is -2.89. The number of fused-ring (bicyclic) bond motifs is 1. The number of pyridine rings is 1. The molecule has 1 aliphatic heterocycles. The molecule has 0 atom stereocenters. The van der Waals surface area contributed by atoms with E-state index in [0.29, 0.717) is 23.9 Å². The van der Waals surface area contributed by atoms with Crippen molar-refractivity contribution in [2.45, 2.75) is 26.5 Å². The number of methoxy groups -OCH3 is 2. The molecule has 0 fully saturated rings. The monoisotopic (exact) mass is 341 g/mol. The van der Waals surface area contributed by atoms with Gasteiger partial charge in [-0.15, -0.1) is 0 Å². The third kappa shape index (κ3) is 3.47. The lowest BCUT2D eigenvalue weighted by Gasteiger charge is -2.27. The van der Waals surface area contributed by atoms with Crippen LogP contribution in [-0.2, 0) is 6.54 Å². The fraction of sp³-hybridized carbons (Fsp3) is 0.316. The number of nitrogens with two attached hydrogens (primary N) is 1. The van der Waals surface area contributed by atoms with E-state index in [1.807, 2.05) is 44.3 Å². The van der Waals surface area contributed by atoms with Gasteiger partial charge in [0.25, 0.3) is 0 Å². The van der Waals surface area contributed by atoms with Crippen LogP contribution >= 0.6 is 0 Å². The first-order chi connectivity index (χ1) is 12.0. The van der Waals surface area contributed by atoms with Gasteiger partial charge in [0, 0.05) is 29.6 Å². The Morgan fingerprint density at radius 2 is 1.84 bits per heavy atom. The Balaban J connectivity index is 1.96. The molecule has 0 spiro atoms. The molecule has 0 radical (unpaired) electrons.